The number of piperidine rings is 2. The zero-order valence-corrected chi connectivity index (χ0v) is 23.4. The third kappa shape index (κ3) is 6.79. The average Bonchev–Trinajstić information content (AvgIpc) is 2.93. The summed E-state index contributed by atoms with van der Waals surface area (Å²) in [5.41, 5.74) is 2.63. The van der Waals surface area contributed by atoms with E-state index in [0.29, 0.717) is 41.9 Å². The van der Waals surface area contributed by atoms with Crippen molar-refractivity contribution in [1.29, 1.82) is 0 Å². The summed E-state index contributed by atoms with van der Waals surface area (Å²) in [4.78, 5) is 43.6. The van der Waals surface area contributed by atoms with Crippen LogP contribution >= 0.6 is 0 Å². The van der Waals surface area contributed by atoms with E-state index in [-0.39, 0.29) is 23.6 Å². The molecule has 1 aromatic rings. The predicted octanol–water partition coefficient (Wildman–Crippen LogP) is 4.32. The van der Waals surface area contributed by atoms with Crippen LogP contribution in [0.4, 0.5) is 11.4 Å². The van der Waals surface area contributed by atoms with Crippen molar-refractivity contribution >= 4 is 29.0 Å². The zero-order chi connectivity index (χ0) is 27.4. The molecule has 1 aliphatic carbocycles. The van der Waals surface area contributed by atoms with Crippen molar-refractivity contribution in [3.8, 4) is 0 Å². The predicted molar refractivity (Wildman–Crippen MR) is 155 cm³/mol. The zero-order valence-electron chi connectivity index (χ0n) is 23.4. The molecule has 3 heterocycles. The minimum Gasteiger partial charge on any atom is -0.377 e. The maximum atomic E-state index is 13.5. The van der Waals surface area contributed by atoms with Crippen LogP contribution in [-0.2, 0) is 9.59 Å². The van der Waals surface area contributed by atoms with Gasteiger partial charge in [-0.2, -0.15) is 0 Å². The van der Waals surface area contributed by atoms with E-state index in [0.717, 1.165) is 31.9 Å². The second kappa shape index (κ2) is 12.5. The van der Waals surface area contributed by atoms with E-state index >= 15 is 0 Å². The van der Waals surface area contributed by atoms with Gasteiger partial charge in [-0.05, 0) is 83.0 Å². The number of nitrogens with one attached hydrogen (secondary N) is 3. The van der Waals surface area contributed by atoms with Crippen LogP contribution in [0.3, 0.4) is 0 Å². The quantitative estimate of drug-likeness (QED) is 0.461. The number of nitrogens with zero attached hydrogens (tertiary/aromatic N) is 2. The molecule has 5 rings (SSSR count). The van der Waals surface area contributed by atoms with Crippen LogP contribution < -0.4 is 16.0 Å². The van der Waals surface area contributed by atoms with Crippen LogP contribution in [0.5, 0.6) is 0 Å². The molecule has 0 bridgehead atoms. The lowest BCUT2D eigenvalue weighted by Gasteiger charge is -2.33. The van der Waals surface area contributed by atoms with E-state index in [2.05, 4.69) is 39.6 Å². The van der Waals surface area contributed by atoms with Crippen molar-refractivity contribution in [3.63, 3.8) is 0 Å². The Morgan fingerprint density at radius 1 is 0.923 bits per heavy atom. The number of fused-ring (bicyclic) bond motifs is 2. The SMILES string of the molecule is CC1CCCCN1CCC(=O)NC1=CC2C(=O)c3cc(NC(=O)CCN4CCCCC4C)ccc3NC2C=C1. The van der Waals surface area contributed by atoms with Gasteiger partial charge in [0.05, 0.1) is 12.0 Å². The Labute approximate surface area is 232 Å². The van der Waals surface area contributed by atoms with Gasteiger partial charge in [0.2, 0.25) is 11.8 Å². The fourth-order valence-electron chi connectivity index (χ4n) is 6.37. The summed E-state index contributed by atoms with van der Waals surface area (Å²) >= 11 is 0. The average molecular weight is 534 g/mol. The molecule has 3 N–H and O–H groups in total. The van der Waals surface area contributed by atoms with Crippen LogP contribution in [0.1, 0.15) is 75.6 Å². The molecule has 4 atom stereocenters. The largest absolute Gasteiger partial charge is 0.377 e. The van der Waals surface area contributed by atoms with E-state index in [4.69, 9.17) is 0 Å². The van der Waals surface area contributed by atoms with Crippen LogP contribution in [-0.4, -0.2) is 71.7 Å². The number of rotatable bonds is 8. The molecular formula is C31H43N5O3. The third-order valence-corrected chi connectivity index (χ3v) is 8.84. The van der Waals surface area contributed by atoms with Gasteiger partial charge in [0.15, 0.2) is 5.78 Å². The highest BCUT2D eigenvalue weighted by Gasteiger charge is 2.35. The molecule has 0 saturated carbocycles. The van der Waals surface area contributed by atoms with Gasteiger partial charge in [-0.1, -0.05) is 18.9 Å². The minimum atomic E-state index is -0.411. The third-order valence-electron chi connectivity index (χ3n) is 8.84. The Balaban J connectivity index is 1.17. The van der Waals surface area contributed by atoms with Crippen molar-refractivity contribution < 1.29 is 14.4 Å². The van der Waals surface area contributed by atoms with Gasteiger partial charge in [0.1, 0.15) is 0 Å². The van der Waals surface area contributed by atoms with Crippen molar-refractivity contribution in [2.45, 2.75) is 83.3 Å². The molecule has 2 fully saturated rings. The number of benzene rings is 1. The summed E-state index contributed by atoms with van der Waals surface area (Å²) in [5, 5.41) is 9.42. The molecule has 8 nitrogen and oxygen atoms in total. The van der Waals surface area contributed by atoms with E-state index in [1.807, 2.05) is 30.4 Å². The molecule has 210 valence electrons. The van der Waals surface area contributed by atoms with Gasteiger partial charge in [0.25, 0.3) is 0 Å². The number of amides is 2. The van der Waals surface area contributed by atoms with Gasteiger partial charge in [-0.3, -0.25) is 14.4 Å². The molecule has 0 aromatic heterocycles. The van der Waals surface area contributed by atoms with Gasteiger partial charge in [-0.25, -0.2) is 0 Å². The lowest BCUT2D eigenvalue weighted by molar-refractivity contribution is -0.121. The highest BCUT2D eigenvalue weighted by atomic mass is 16.2. The highest BCUT2D eigenvalue weighted by Crippen LogP contribution is 2.34. The monoisotopic (exact) mass is 533 g/mol. The van der Waals surface area contributed by atoms with Crippen LogP contribution in [0.15, 0.2) is 42.1 Å². The number of hydrogen-bond donors (Lipinski definition) is 3. The Bertz CT molecular complexity index is 1150. The van der Waals surface area contributed by atoms with E-state index in [1.54, 1.807) is 6.07 Å². The summed E-state index contributed by atoms with van der Waals surface area (Å²) in [6.07, 6.45) is 13.9. The number of carbonyl (C=O) groups is 3. The Kier molecular flexibility index (Phi) is 8.82. The minimum absolute atomic E-state index is 0.00905. The fraction of sp³-hybridized carbons (Fsp3) is 0.581. The number of Topliss-reactive ketones (excluding diaryl/α,β-unsaturated/α-hetero) is 1. The normalized spacial score (nSPS) is 27.1. The standard InChI is InChI=1S/C31H43N5O3/c1-21-7-3-5-15-35(21)17-13-29(37)32-23-9-11-27-25(19-23)31(39)26-20-24(10-12-28(26)34-27)33-30(38)14-18-36-16-6-4-8-22(36)2/h9-12,19-22,25,27,34H,3-8,13-18H2,1-2H3,(H,32,37)(H,33,38). The summed E-state index contributed by atoms with van der Waals surface area (Å²) in [5.74, 6) is -0.481. The summed E-state index contributed by atoms with van der Waals surface area (Å²) in [6.45, 7) is 8.09. The number of ketones is 1. The Morgan fingerprint density at radius 2 is 1.56 bits per heavy atom. The summed E-state index contributed by atoms with van der Waals surface area (Å²) in [7, 11) is 0. The van der Waals surface area contributed by atoms with E-state index < -0.39 is 5.92 Å². The maximum absolute atomic E-state index is 13.5. The van der Waals surface area contributed by atoms with Gasteiger partial charge in [0, 0.05) is 60.7 Å². The smallest absolute Gasteiger partial charge is 0.225 e. The highest BCUT2D eigenvalue weighted by molar-refractivity contribution is 6.08. The van der Waals surface area contributed by atoms with Crippen LogP contribution in [0.2, 0.25) is 0 Å². The molecule has 2 saturated heterocycles. The molecule has 4 unspecified atom stereocenters. The maximum Gasteiger partial charge on any atom is 0.225 e. The fourth-order valence-corrected chi connectivity index (χ4v) is 6.37. The van der Waals surface area contributed by atoms with E-state index in [1.165, 1.54) is 38.5 Å². The summed E-state index contributed by atoms with van der Waals surface area (Å²) < 4.78 is 0. The molecule has 0 spiro atoms. The Hall–Kier alpha value is -2.97. The number of allylic oxidation sites excluding steroid dienone is 1. The second-order valence-corrected chi connectivity index (χ2v) is 11.7. The lowest BCUT2D eigenvalue weighted by Crippen LogP contribution is -2.41. The number of anilines is 2. The number of carbonyl (C=O) groups excluding carboxylic acids is 3. The number of hydrogen-bond acceptors (Lipinski definition) is 6. The van der Waals surface area contributed by atoms with Crippen molar-refractivity contribution in [3.05, 3.63) is 47.7 Å². The Morgan fingerprint density at radius 3 is 2.21 bits per heavy atom. The summed E-state index contributed by atoms with van der Waals surface area (Å²) in [6, 6.07) is 6.37. The molecule has 2 amide bonds. The topological polar surface area (TPSA) is 93.8 Å². The lowest BCUT2D eigenvalue weighted by atomic mass is 9.82. The van der Waals surface area contributed by atoms with Crippen molar-refractivity contribution in [2.75, 3.05) is 36.8 Å². The van der Waals surface area contributed by atoms with Crippen LogP contribution in [0, 0.1) is 5.92 Å². The number of likely N-dealkylation sites (tertiary alicyclic amines) is 2. The first-order chi connectivity index (χ1) is 18.9. The van der Waals surface area contributed by atoms with Gasteiger partial charge >= 0.3 is 0 Å². The molecule has 3 aliphatic heterocycles. The molecule has 0 radical (unpaired) electrons. The first-order valence-electron chi connectivity index (χ1n) is 14.8. The van der Waals surface area contributed by atoms with Crippen molar-refractivity contribution in [2.24, 2.45) is 5.92 Å². The van der Waals surface area contributed by atoms with E-state index in [9.17, 15) is 14.4 Å². The molecular weight excluding hydrogens is 490 g/mol. The molecule has 39 heavy (non-hydrogen) atoms. The van der Waals surface area contributed by atoms with Gasteiger partial charge < -0.3 is 25.8 Å². The van der Waals surface area contributed by atoms with Gasteiger partial charge in [-0.15, -0.1) is 0 Å². The molecule has 4 aliphatic rings. The van der Waals surface area contributed by atoms with Crippen LogP contribution in [0.25, 0.3) is 0 Å². The molecule has 8 heteroatoms. The first-order valence-corrected chi connectivity index (χ1v) is 14.8. The second-order valence-electron chi connectivity index (χ2n) is 11.7. The molecule has 1 aromatic carbocycles. The first kappa shape index (κ1) is 27.6. The van der Waals surface area contributed by atoms with Crippen molar-refractivity contribution in [1.82, 2.24) is 15.1 Å².